The van der Waals surface area contributed by atoms with Gasteiger partial charge in [-0.1, -0.05) is 19.8 Å². The zero-order valence-electron chi connectivity index (χ0n) is 12.9. The molecule has 3 heteroatoms. The molecule has 0 atom stereocenters. The largest absolute Gasteiger partial charge is 0.380 e. The number of ether oxygens (including phenoxy) is 1. The van der Waals surface area contributed by atoms with Crippen LogP contribution in [0.2, 0.25) is 0 Å². The minimum Gasteiger partial charge on any atom is -0.380 e. The summed E-state index contributed by atoms with van der Waals surface area (Å²) < 4.78 is 5.73. The predicted molar refractivity (Wildman–Crippen MR) is 80.2 cm³/mol. The fraction of sp³-hybridized carbons (Fsp3) is 1.00. The molecule has 0 aromatic rings. The smallest absolute Gasteiger partial charge is 0.0593 e. The summed E-state index contributed by atoms with van der Waals surface area (Å²) in [7, 11) is 2.22. The molecule has 3 nitrogen and oxygen atoms in total. The molecule has 0 saturated heterocycles. The van der Waals surface area contributed by atoms with Gasteiger partial charge in [-0.15, -0.1) is 0 Å². The Balaban J connectivity index is 1.64. The molecule has 2 aliphatic carbocycles. The van der Waals surface area contributed by atoms with Gasteiger partial charge in [-0.05, 0) is 56.5 Å². The van der Waals surface area contributed by atoms with E-state index in [9.17, 15) is 0 Å². The van der Waals surface area contributed by atoms with Crippen molar-refractivity contribution < 1.29 is 4.74 Å². The lowest BCUT2D eigenvalue weighted by Crippen LogP contribution is -2.44. The van der Waals surface area contributed by atoms with Crippen LogP contribution in [0, 0.1) is 17.3 Å². The second-order valence-electron chi connectivity index (χ2n) is 7.14. The van der Waals surface area contributed by atoms with Crippen LogP contribution in [0.4, 0.5) is 0 Å². The SMILES string of the molecule is CC1CCC(CN)(CN(C)CCOCC2CC2)CC1. The molecular formula is C16H32N2O. The molecule has 19 heavy (non-hydrogen) atoms. The van der Waals surface area contributed by atoms with Crippen LogP contribution in [-0.2, 0) is 4.74 Å². The monoisotopic (exact) mass is 268 g/mol. The van der Waals surface area contributed by atoms with Crippen molar-refractivity contribution in [2.75, 3.05) is 39.9 Å². The summed E-state index contributed by atoms with van der Waals surface area (Å²) in [5.74, 6) is 1.77. The van der Waals surface area contributed by atoms with Gasteiger partial charge in [0.05, 0.1) is 6.61 Å². The molecule has 2 saturated carbocycles. The Hall–Kier alpha value is -0.120. The lowest BCUT2D eigenvalue weighted by atomic mass is 9.70. The fourth-order valence-electron chi connectivity index (χ4n) is 3.21. The summed E-state index contributed by atoms with van der Waals surface area (Å²) in [5.41, 5.74) is 6.45. The zero-order valence-corrected chi connectivity index (χ0v) is 12.9. The van der Waals surface area contributed by atoms with Gasteiger partial charge in [0, 0.05) is 19.7 Å². The Morgan fingerprint density at radius 1 is 1.21 bits per heavy atom. The van der Waals surface area contributed by atoms with Crippen molar-refractivity contribution in [3.63, 3.8) is 0 Å². The lowest BCUT2D eigenvalue weighted by Gasteiger charge is -2.41. The van der Waals surface area contributed by atoms with Gasteiger partial charge >= 0.3 is 0 Å². The highest BCUT2D eigenvalue weighted by Crippen LogP contribution is 2.38. The van der Waals surface area contributed by atoms with Gasteiger partial charge in [0.25, 0.3) is 0 Å². The predicted octanol–water partition coefficient (Wildman–Crippen LogP) is 2.50. The van der Waals surface area contributed by atoms with Gasteiger partial charge in [0.2, 0.25) is 0 Å². The first kappa shape index (κ1) is 15.3. The maximum Gasteiger partial charge on any atom is 0.0593 e. The molecule has 0 heterocycles. The Morgan fingerprint density at radius 3 is 2.47 bits per heavy atom. The fourth-order valence-corrected chi connectivity index (χ4v) is 3.21. The third-order valence-electron chi connectivity index (χ3n) is 5.04. The summed E-state index contributed by atoms with van der Waals surface area (Å²) in [5, 5.41) is 0. The van der Waals surface area contributed by atoms with Crippen LogP contribution in [0.3, 0.4) is 0 Å². The average molecular weight is 268 g/mol. The van der Waals surface area contributed by atoms with E-state index in [1.807, 2.05) is 0 Å². The first-order valence-electron chi connectivity index (χ1n) is 8.10. The molecule has 2 rings (SSSR count). The van der Waals surface area contributed by atoms with Crippen molar-refractivity contribution >= 4 is 0 Å². The second-order valence-corrected chi connectivity index (χ2v) is 7.14. The molecule has 0 aliphatic heterocycles. The highest BCUT2D eigenvalue weighted by Gasteiger charge is 2.33. The molecule has 0 radical (unpaired) electrons. The highest BCUT2D eigenvalue weighted by atomic mass is 16.5. The number of rotatable bonds is 8. The maximum atomic E-state index is 6.08. The lowest BCUT2D eigenvalue weighted by molar-refractivity contribution is 0.0699. The molecule has 0 spiro atoms. The quantitative estimate of drug-likeness (QED) is 0.687. The second kappa shape index (κ2) is 7.05. The highest BCUT2D eigenvalue weighted by molar-refractivity contribution is 4.87. The number of hydrogen-bond donors (Lipinski definition) is 1. The summed E-state index contributed by atoms with van der Waals surface area (Å²) in [6.07, 6.45) is 8.07. The van der Waals surface area contributed by atoms with Crippen molar-refractivity contribution in [3.05, 3.63) is 0 Å². The van der Waals surface area contributed by atoms with E-state index >= 15 is 0 Å². The van der Waals surface area contributed by atoms with E-state index in [4.69, 9.17) is 10.5 Å². The molecule has 0 amide bonds. The van der Waals surface area contributed by atoms with Crippen molar-refractivity contribution in [1.82, 2.24) is 4.90 Å². The molecule has 0 unspecified atom stereocenters. The summed E-state index contributed by atoms with van der Waals surface area (Å²) in [6.45, 7) is 7.26. The van der Waals surface area contributed by atoms with E-state index in [2.05, 4.69) is 18.9 Å². The van der Waals surface area contributed by atoms with Gasteiger partial charge in [0.15, 0.2) is 0 Å². The molecule has 112 valence electrons. The molecule has 0 aromatic carbocycles. The van der Waals surface area contributed by atoms with Crippen LogP contribution in [0.1, 0.15) is 45.4 Å². The third kappa shape index (κ3) is 5.05. The van der Waals surface area contributed by atoms with Crippen LogP contribution in [-0.4, -0.2) is 44.8 Å². The molecule has 0 aromatic heterocycles. The van der Waals surface area contributed by atoms with E-state index in [-0.39, 0.29) is 0 Å². The number of hydrogen-bond acceptors (Lipinski definition) is 3. The van der Waals surface area contributed by atoms with Gasteiger partial charge < -0.3 is 15.4 Å². The topological polar surface area (TPSA) is 38.5 Å². The van der Waals surface area contributed by atoms with Crippen LogP contribution in [0.25, 0.3) is 0 Å². The Kier molecular flexibility index (Phi) is 5.67. The minimum absolute atomic E-state index is 0.373. The standard InChI is InChI=1S/C16H32N2O/c1-14-5-7-16(12-17,8-6-14)13-18(2)9-10-19-11-15-3-4-15/h14-15H,3-13,17H2,1-2H3. The zero-order chi connectivity index (χ0) is 13.7. The van der Waals surface area contributed by atoms with E-state index < -0.39 is 0 Å². The van der Waals surface area contributed by atoms with Crippen LogP contribution in [0.5, 0.6) is 0 Å². The van der Waals surface area contributed by atoms with Crippen LogP contribution < -0.4 is 5.73 Å². The van der Waals surface area contributed by atoms with Gasteiger partial charge in [0.1, 0.15) is 0 Å². The Bertz CT molecular complexity index is 257. The van der Waals surface area contributed by atoms with Gasteiger partial charge in [-0.2, -0.15) is 0 Å². The van der Waals surface area contributed by atoms with E-state index in [0.29, 0.717) is 5.41 Å². The normalized spacial score (nSPS) is 31.9. The van der Waals surface area contributed by atoms with Crippen molar-refractivity contribution in [1.29, 1.82) is 0 Å². The number of nitrogens with zero attached hydrogens (tertiary/aromatic N) is 1. The molecule has 2 aliphatic rings. The maximum absolute atomic E-state index is 6.08. The molecule has 2 N–H and O–H groups in total. The number of likely N-dealkylation sites (N-methyl/N-ethyl adjacent to an activating group) is 1. The number of nitrogens with two attached hydrogens (primary N) is 1. The van der Waals surface area contributed by atoms with Crippen molar-refractivity contribution in [3.8, 4) is 0 Å². The summed E-state index contributed by atoms with van der Waals surface area (Å²) in [6, 6.07) is 0. The summed E-state index contributed by atoms with van der Waals surface area (Å²) >= 11 is 0. The Labute approximate surface area is 118 Å². The van der Waals surface area contributed by atoms with E-state index in [0.717, 1.165) is 44.7 Å². The molecular weight excluding hydrogens is 236 g/mol. The van der Waals surface area contributed by atoms with Crippen LogP contribution in [0.15, 0.2) is 0 Å². The average Bonchev–Trinajstić information content (AvgIpc) is 3.22. The van der Waals surface area contributed by atoms with Crippen molar-refractivity contribution in [2.45, 2.75) is 45.4 Å². The summed E-state index contributed by atoms with van der Waals surface area (Å²) in [4.78, 5) is 2.43. The Morgan fingerprint density at radius 2 is 1.89 bits per heavy atom. The molecule has 0 bridgehead atoms. The first-order chi connectivity index (χ1) is 9.13. The van der Waals surface area contributed by atoms with E-state index in [1.165, 1.54) is 38.5 Å². The van der Waals surface area contributed by atoms with Crippen molar-refractivity contribution in [2.24, 2.45) is 23.0 Å². The van der Waals surface area contributed by atoms with Gasteiger partial charge in [-0.3, -0.25) is 0 Å². The van der Waals surface area contributed by atoms with Crippen LogP contribution >= 0.6 is 0 Å². The third-order valence-corrected chi connectivity index (χ3v) is 5.04. The first-order valence-corrected chi connectivity index (χ1v) is 8.10. The minimum atomic E-state index is 0.373. The van der Waals surface area contributed by atoms with E-state index in [1.54, 1.807) is 0 Å². The molecule has 2 fully saturated rings. The van der Waals surface area contributed by atoms with Gasteiger partial charge in [-0.25, -0.2) is 0 Å².